The van der Waals surface area contributed by atoms with Crippen LogP contribution in [0.3, 0.4) is 0 Å². The molecule has 1 aliphatic carbocycles. The fraction of sp³-hybridized carbons (Fsp3) is 0.250. The Hall–Kier alpha value is -3.12. The van der Waals surface area contributed by atoms with Gasteiger partial charge in [-0.15, -0.1) is 11.3 Å². The van der Waals surface area contributed by atoms with Crippen LogP contribution in [0.4, 0.5) is 11.5 Å². The molecule has 0 unspecified atom stereocenters. The number of hydrogen-bond acceptors (Lipinski definition) is 6. The van der Waals surface area contributed by atoms with Gasteiger partial charge >= 0.3 is 0 Å². The Morgan fingerprint density at radius 1 is 0.967 bits per heavy atom. The summed E-state index contributed by atoms with van der Waals surface area (Å²) in [5.74, 6) is 3.16. The third-order valence-corrected chi connectivity index (χ3v) is 6.62. The fourth-order valence-corrected chi connectivity index (χ4v) is 5.28. The van der Waals surface area contributed by atoms with E-state index >= 15 is 0 Å². The molecule has 2 aromatic heterocycles. The number of anilines is 2. The number of hydrogen-bond donors (Lipinski definition) is 1. The van der Waals surface area contributed by atoms with Crippen LogP contribution < -0.4 is 14.8 Å². The van der Waals surface area contributed by atoms with Crippen molar-refractivity contribution in [2.75, 3.05) is 19.5 Å². The molecule has 0 fully saturated rings. The lowest BCUT2D eigenvalue weighted by Gasteiger charge is -2.13. The van der Waals surface area contributed by atoms with Crippen molar-refractivity contribution in [3.8, 4) is 11.5 Å². The van der Waals surface area contributed by atoms with Gasteiger partial charge in [0.2, 0.25) is 0 Å². The second kappa shape index (κ2) is 7.95. The molecule has 2 aromatic carbocycles. The Bertz CT molecular complexity index is 1180. The summed E-state index contributed by atoms with van der Waals surface area (Å²) in [7, 11) is 3.32. The molecule has 1 aliphatic rings. The zero-order valence-corrected chi connectivity index (χ0v) is 17.9. The molecule has 0 amide bonds. The minimum atomic E-state index is 0.704. The van der Waals surface area contributed by atoms with E-state index in [1.54, 1.807) is 14.2 Å². The van der Waals surface area contributed by atoms with Gasteiger partial charge in [-0.25, -0.2) is 9.97 Å². The van der Waals surface area contributed by atoms with Crippen molar-refractivity contribution in [2.45, 2.75) is 25.7 Å². The minimum Gasteiger partial charge on any atom is -0.497 e. The van der Waals surface area contributed by atoms with Crippen LogP contribution in [0, 0.1) is 0 Å². The highest BCUT2D eigenvalue weighted by atomic mass is 32.1. The normalized spacial score (nSPS) is 12.7. The molecule has 1 N–H and O–H groups in total. The van der Waals surface area contributed by atoms with E-state index in [4.69, 9.17) is 19.4 Å². The first-order valence-electron chi connectivity index (χ1n) is 10.1. The summed E-state index contributed by atoms with van der Waals surface area (Å²) < 4.78 is 10.9. The molecule has 0 spiro atoms. The van der Waals surface area contributed by atoms with Crippen LogP contribution in [0.25, 0.3) is 10.2 Å². The van der Waals surface area contributed by atoms with Gasteiger partial charge in [-0.3, -0.25) is 0 Å². The molecular formula is C24H23N3O2S. The van der Waals surface area contributed by atoms with Crippen LogP contribution in [-0.2, 0) is 19.3 Å². The summed E-state index contributed by atoms with van der Waals surface area (Å²) in [6.07, 6.45) is 4.13. The SMILES string of the molecule is COc1cc(Nc2nc(Cc3ccccc3)nc3sc4c(c23)CCC4)cc(OC)c1. The van der Waals surface area contributed by atoms with Gasteiger partial charge in [0.15, 0.2) is 0 Å². The number of nitrogens with one attached hydrogen (secondary N) is 1. The minimum absolute atomic E-state index is 0.704. The third kappa shape index (κ3) is 3.59. The molecule has 5 rings (SSSR count). The Kier molecular flexibility index (Phi) is 5.01. The Morgan fingerprint density at radius 2 is 1.73 bits per heavy atom. The zero-order valence-electron chi connectivity index (χ0n) is 17.1. The monoisotopic (exact) mass is 417 g/mol. The molecule has 5 nitrogen and oxygen atoms in total. The van der Waals surface area contributed by atoms with E-state index in [0.29, 0.717) is 6.42 Å². The summed E-state index contributed by atoms with van der Waals surface area (Å²) in [6, 6.07) is 16.1. The smallest absolute Gasteiger partial charge is 0.143 e. The summed E-state index contributed by atoms with van der Waals surface area (Å²) in [6.45, 7) is 0. The molecule has 6 heteroatoms. The fourth-order valence-electron chi connectivity index (χ4n) is 4.00. The number of methoxy groups -OCH3 is 2. The number of thiophene rings is 1. The second-order valence-corrected chi connectivity index (χ2v) is 8.50. The van der Waals surface area contributed by atoms with Crippen LogP contribution in [0.1, 0.15) is 28.2 Å². The summed E-state index contributed by atoms with van der Waals surface area (Å²) in [4.78, 5) is 12.4. The summed E-state index contributed by atoms with van der Waals surface area (Å²) >= 11 is 1.81. The standard InChI is InChI=1S/C24H23N3O2S/c1-28-17-12-16(13-18(14-17)29-2)25-23-22-19-9-6-10-20(19)30-24(22)27-21(26-23)11-15-7-4-3-5-8-15/h3-5,7-8,12-14H,6,9-11H2,1-2H3,(H,25,26,27). The maximum atomic E-state index is 5.43. The van der Waals surface area contributed by atoms with Gasteiger partial charge in [-0.2, -0.15) is 0 Å². The van der Waals surface area contributed by atoms with Crippen molar-refractivity contribution in [2.24, 2.45) is 0 Å². The average molecular weight is 418 g/mol. The first kappa shape index (κ1) is 18.9. The number of aryl methyl sites for hydroxylation is 2. The van der Waals surface area contributed by atoms with E-state index in [9.17, 15) is 0 Å². The highest BCUT2D eigenvalue weighted by Crippen LogP contribution is 2.41. The molecule has 0 saturated carbocycles. The van der Waals surface area contributed by atoms with Gasteiger partial charge < -0.3 is 14.8 Å². The Morgan fingerprint density at radius 3 is 2.47 bits per heavy atom. The molecule has 30 heavy (non-hydrogen) atoms. The van der Waals surface area contributed by atoms with Crippen molar-refractivity contribution in [1.29, 1.82) is 0 Å². The van der Waals surface area contributed by atoms with Crippen LogP contribution in [0.15, 0.2) is 48.5 Å². The third-order valence-electron chi connectivity index (χ3n) is 5.43. The number of aromatic nitrogens is 2. The number of ether oxygens (including phenoxy) is 2. The predicted octanol–water partition coefficient (Wildman–Crippen LogP) is 5.53. The van der Waals surface area contributed by atoms with Crippen LogP contribution in [0.5, 0.6) is 11.5 Å². The van der Waals surface area contributed by atoms with E-state index in [-0.39, 0.29) is 0 Å². The molecule has 4 aromatic rings. The van der Waals surface area contributed by atoms with Crippen molar-refractivity contribution < 1.29 is 9.47 Å². The van der Waals surface area contributed by atoms with Gasteiger partial charge in [0.1, 0.15) is 28.0 Å². The number of fused-ring (bicyclic) bond motifs is 3. The topological polar surface area (TPSA) is 56.3 Å². The molecule has 0 bridgehead atoms. The lowest BCUT2D eigenvalue weighted by molar-refractivity contribution is 0.395. The predicted molar refractivity (Wildman–Crippen MR) is 122 cm³/mol. The second-order valence-electron chi connectivity index (χ2n) is 7.41. The first-order chi connectivity index (χ1) is 14.7. The lowest BCUT2D eigenvalue weighted by atomic mass is 10.1. The molecule has 152 valence electrons. The Balaban J connectivity index is 1.60. The number of nitrogens with zero attached hydrogens (tertiary/aromatic N) is 2. The highest BCUT2D eigenvalue weighted by molar-refractivity contribution is 7.19. The molecule has 0 aliphatic heterocycles. The Labute approximate surface area is 179 Å². The van der Waals surface area contributed by atoms with Gasteiger partial charge in [-0.05, 0) is 30.4 Å². The molecular weight excluding hydrogens is 394 g/mol. The van der Waals surface area contributed by atoms with Crippen LogP contribution in [0.2, 0.25) is 0 Å². The molecule has 0 saturated heterocycles. The average Bonchev–Trinajstić information content (AvgIpc) is 3.35. The number of benzene rings is 2. The van der Waals surface area contributed by atoms with Crippen molar-refractivity contribution >= 4 is 33.1 Å². The van der Waals surface area contributed by atoms with Gasteiger partial charge in [-0.1, -0.05) is 30.3 Å². The maximum Gasteiger partial charge on any atom is 0.143 e. The van der Waals surface area contributed by atoms with Gasteiger partial charge in [0.25, 0.3) is 0 Å². The summed E-state index contributed by atoms with van der Waals surface area (Å²) in [5, 5.41) is 4.69. The maximum absolute atomic E-state index is 5.43. The van der Waals surface area contributed by atoms with Crippen LogP contribution in [-0.4, -0.2) is 24.2 Å². The van der Waals surface area contributed by atoms with Crippen molar-refractivity contribution in [3.05, 3.63) is 70.4 Å². The molecule has 2 heterocycles. The van der Waals surface area contributed by atoms with Gasteiger partial charge in [0.05, 0.1) is 19.6 Å². The van der Waals surface area contributed by atoms with Gasteiger partial charge in [0, 0.05) is 35.2 Å². The highest BCUT2D eigenvalue weighted by Gasteiger charge is 2.22. The van der Waals surface area contributed by atoms with E-state index in [1.165, 1.54) is 22.4 Å². The molecule has 0 radical (unpaired) electrons. The summed E-state index contributed by atoms with van der Waals surface area (Å²) in [5.41, 5.74) is 3.49. The van der Waals surface area contributed by atoms with Crippen LogP contribution >= 0.6 is 11.3 Å². The molecule has 0 atom stereocenters. The van der Waals surface area contributed by atoms with E-state index in [2.05, 4.69) is 29.6 Å². The quantitative estimate of drug-likeness (QED) is 0.447. The van der Waals surface area contributed by atoms with Crippen molar-refractivity contribution in [1.82, 2.24) is 9.97 Å². The van der Waals surface area contributed by atoms with E-state index in [0.717, 1.165) is 51.9 Å². The largest absolute Gasteiger partial charge is 0.497 e. The van der Waals surface area contributed by atoms with Crippen molar-refractivity contribution in [3.63, 3.8) is 0 Å². The zero-order chi connectivity index (χ0) is 20.5. The number of rotatable bonds is 6. The lowest BCUT2D eigenvalue weighted by Crippen LogP contribution is -2.03. The van der Waals surface area contributed by atoms with E-state index < -0.39 is 0 Å². The van der Waals surface area contributed by atoms with E-state index in [1.807, 2.05) is 35.6 Å². The first-order valence-corrected chi connectivity index (χ1v) is 10.9.